The maximum atomic E-state index is 12.0. The van der Waals surface area contributed by atoms with Crippen molar-refractivity contribution in [2.45, 2.75) is 180 Å². The molecule has 3 N–H and O–H groups in total. The summed E-state index contributed by atoms with van der Waals surface area (Å²) >= 11 is 0. The van der Waals surface area contributed by atoms with Crippen LogP contribution < -0.4 is 10.6 Å². The molecule has 0 aromatic rings. The number of hydrogen-bond acceptors (Lipinski definition) is 3. The SMILES string of the molecule is CCCCCCCC/C=C\CCCCCCCC(=O)NCCNC(=O)CCCCCC/C=C/CCCCCCCC(=O)O. The molecule has 0 unspecified atom stereocenters. The lowest BCUT2D eigenvalue weighted by atomic mass is 10.1. The third-order valence-corrected chi connectivity index (χ3v) is 7.89. The van der Waals surface area contributed by atoms with Gasteiger partial charge in [0, 0.05) is 32.4 Å². The minimum absolute atomic E-state index is 0.0781. The number of unbranched alkanes of at least 4 members (excludes halogenated alkanes) is 20. The first-order chi connectivity index (χ1) is 21.1. The number of carbonyl (C=O) groups excluding carboxylic acids is 2. The third kappa shape index (κ3) is 36.0. The number of carboxylic acid groups (broad SMARTS) is 1. The Labute approximate surface area is 265 Å². The summed E-state index contributed by atoms with van der Waals surface area (Å²) in [7, 11) is 0. The van der Waals surface area contributed by atoms with E-state index in [1.165, 1.54) is 83.5 Å². The van der Waals surface area contributed by atoms with Crippen LogP contribution in [0.4, 0.5) is 0 Å². The van der Waals surface area contributed by atoms with Crippen molar-refractivity contribution in [3.63, 3.8) is 0 Å². The van der Waals surface area contributed by atoms with Gasteiger partial charge in [-0.1, -0.05) is 115 Å². The van der Waals surface area contributed by atoms with Crippen molar-refractivity contribution in [3.05, 3.63) is 24.3 Å². The van der Waals surface area contributed by atoms with Crippen LogP contribution in [0.2, 0.25) is 0 Å². The molecule has 0 aromatic carbocycles. The first kappa shape index (κ1) is 40.9. The van der Waals surface area contributed by atoms with E-state index in [1.807, 2.05) is 0 Å². The predicted molar refractivity (Wildman–Crippen MR) is 182 cm³/mol. The van der Waals surface area contributed by atoms with E-state index in [0.717, 1.165) is 70.6 Å². The van der Waals surface area contributed by atoms with Gasteiger partial charge < -0.3 is 15.7 Å². The molecule has 0 aliphatic carbocycles. The van der Waals surface area contributed by atoms with E-state index in [9.17, 15) is 14.4 Å². The molecular weight excluding hydrogens is 536 g/mol. The van der Waals surface area contributed by atoms with Crippen LogP contribution in [0.25, 0.3) is 0 Å². The largest absolute Gasteiger partial charge is 0.481 e. The number of allylic oxidation sites excluding steroid dienone is 4. The molecule has 0 bridgehead atoms. The number of carbonyl (C=O) groups is 3. The monoisotopic (exact) mass is 605 g/mol. The number of rotatable bonds is 33. The summed E-state index contributed by atoms with van der Waals surface area (Å²) in [6.07, 6.45) is 38.8. The summed E-state index contributed by atoms with van der Waals surface area (Å²) in [5.41, 5.74) is 0. The van der Waals surface area contributed by atoms with Gasteiger partial charge in [-0.05, 0) is 70.6 Å². The lowest BCUT2D eigenvalue weighted by Gasteiger charge is -2.07. The molecule has 6 nitrogen and oxygen atoms in total. The maximum Gasteiger partial charge on any atom is 0.303 e. The minimum atomic E-state index is -0.692. The molecule has 0 aromatic heterocycles. The number of hydrogen-bond donors (Lipinski definition) is 3. The molecule has 0 heterocycles. The molecule has 0 rings (SSSR count). The van der Waals surface area contributed by atoms with Crippen molar-refractivity contribution in [2.24, 2.45) is 0 Å². The lowest BCUT2D eigenvalue weighted by molar-refractivity contribution is -0.137. The number of aliphatic carboxylic acids is 1. The van der Waals surface area contributed by atoms with E-state index in [0.29, 0.717) is 32.4 Å². The van der Waals surface area contributed by atoms with E-state index in [-0.39, 0.29) is 11.8 Å². The van der Waals surface area contributed by atoms with Crippen molar-refractivity contribution < 1.29 is 19.5 Å². The molecule has 2 amide bonds. The second-order valence-corrected chi connectivity index (χ2v) is 12.2. The Balaban J connectivity index is 3.35. The molecule has 0 saturated carbocycles. The highest BCUT2D eigenvalue weighted by atomic mass is 16.4. The molecule has 0 radical (unpaired) electrons. The minimum Gasteiger partial charge on any atom is -0.481 e. The first-order valence-electron chi connectivity index (χ1n) is 18.1. The summed E-state index contributed by atoms with van der Waals surface area (Å²) in [6.45, 7) is 3.27. The highest BCUT2D eigenvalue weighted by molar-refractivity contribution is 5.77. The van der Waals surface area contributed by atoms with E-state index in [1.54, 1.807) is 0 Å². The molecule has 0 fully saturated rings. The Morgan fingerprint density at radius 1 is 0.442 bits per heavy atom. The van der Waals surface area contributed by atoms with Gasteiger partial charge in [-0.3, -0.25) is 14.4 Å². The normalized spacial score (nSPS) is 11.5. The van der Waals surface area contributed by atoms with Gasteiger partial charge in [-0.15, -0.1) is 0 Å². The summed E-state index contributed by atoms with van der Waals surface area (Å²) in [5, 5.41) is 14.5. The van der Waals surface area contributed by atoms with Gasteiger partial charge in [0.25, 0.3) is 0 Å². The zero-order valence-electron chi connectivity index (χ0n) is 28.0. The average Bonchev–Trinajstić information content (AvgIpc) is 2.99. The van der Waals surface area contributed by atoms with Crippen molar-refractivity contribution >= 4 is 17.8 Å². The van der Waals surface area contributed by atoms with Crippen LogP contribution in [0.15, 0.2) is 24.3 Å². The van der Waals surface area contributed by atoms with E-state index < -0.39 is 5.97 Å². The quantitative estimate of drug-likeness (QED) is 0.0513. The second-order valence-electron chi connectivity index (χ2n) is 12.2. The molecule has 6 heteroatoms. The fourth-order valence-corrected chi connectivity index (χ4v) is 5.14. The van der Waals surface area contributed by atoms with Crippen LogP contribution >= 0.6 is 0 Å². The maximum absolute atomic E-state index is 12.0. The standard InChI is InChI=1S/C37H68N2O4/c1-2-3-4-5-6-7-8-9-10-12-15-18-21-24-27-30-35(40)38-33-34-39-36(41)31-28-25-22-19-16-13-11-14-17-20-23-26-29-32-37(42)43/h9-11,13H,2-8,12,14-34H2,1H3,(H,38,40)(H,39,41)(H,42,43)/b10-9-,13-11+. The highest BCUT2D eigenvalue weighted by Crippen LogP contribution is 2.11. The van der Waals surface area contributed by atoms with Gasteiger partial charge >= 0.3 is 5.97 Å². The van der Waals surface area contributed by atoms with E-state index in [4.69, 9.17) is 5.11 Å². The highest BCUT2D eigenvalue weighted by Gasteiger charge is 2.03. The Bertz CT molecular complexity index is 705. The van der Waals surface area contributed by atoms with Crippen LogP contribution in [0.3, 0.4) is 0 Å². The first-order valence-corrected chi connectivity index (χ1v) is 18.1. The Morgan fingerprint density at radius 3 is 1.09 bits per heavy atom. The molecule has 0 atom stereocenters. The Hall–Kier alpha value is -2.11. The number of carboxylic acids is 1. The zero-order chi connectivity index (χ0) is 31.5. The van der Waals surface area contributed by atoms with Crippen LogP contribution in [-0.4, -0.2) is 36.0 Å². The van der Waals surface area contributed by atoms with Gasteiger partial charge in [-0.2, -0.15) is 0 Å². The molecule has 0 aliphatic rings. The summed E-state index contributed by atoms with van der Waals surface area (Å²) in [6, 6.07) is 0. The average molecular weight is 605 g/mol. The molecule has 250 valence electrons. The predicted octanol–water partition coefficient (Wildman–Crippen LogP) is 9.97. The molecule has 0 saturated heterocycles. The van der Waals surface area contributed by atoms with Crippen molar-refractivity contribution in [1.29, 1.82) is 0 Å². The second kappa shape index (κ2) is 34.4. The van der Waals surface area contributed by atoms with Crippen LogP contribution in [-0.2, 0) is 14.4 Å². The molecule has 0 aliphatic heterocycles. The van der Waals surface area contributed by atoms with E-state index in [2.05, 4.69) is 41.9 Å². The number of amides is 2. The smallest absolute Gasteiger partial charge is 0.303 e. The Kier molecular flexibility index (Phi) is 32.7. The molecule has 0 spiro atoms. The van der Waals surface area contributed by atoms with E-state index >= 15 is 0 Å². The van der Waals surface area contributed by atoms with Crippen molar-refractivity contribution in [1.82, 2.24) is 10.6 Å². The van der Waals surface area contributed by atoms with Crippen molar-refractivity contribution in [3.8, 4) is 0 Å². The molecule has 43 heavy (non-hydrogen) atoms. The lowest BCUT2D eigenvalue weighted by Crippen LogP contribution is -2.34. The fraction of sp³-hybridized carbons (Fsp3) is 0.811. The fourth-order valence-electron chi connectivity index (χ4n) is 5.14. The van der Waals surface area contributed by atoms with Gasteiger partial charge in [0.1, 0.15) is 0 Å². The van der Waals surface area contributed by atoms with Gasteiger partial charge in [0.2, 0.25) is 11.8 Å². The van der Waals surface area contributed by atoms with Crippen LogP contribution in [0.5, 0.6) is 0 Å². The van der Waals surface area contributed by atoms with Gasteiger partial charge in [0.15, 0.2) is 0 Å². The summed E-state index contributed by atoms with van der Waals surface area (Å²) < 4.78 is 0. The Morgan fingerprint density at radius 2 is 0.744 bits per heavy atom. The topological polar surface area (TPSA) is 95.5 Å². The zero-order valence-corrected chi connectivity index (χ0v) is 28.0. The number of nitrogens with one attached hydrogen (secondary N) is 2. The summed E-state index contributed by atoms with van der Waals surface area (Å²) in [5.74, 6) is -0.522. The van der Waals surface area contributed by atoms with Gasteiger partial charge in [0.05, 0.1) is 0 Å². The van der Waals surface area contributed by atoms with Gasteiger partial charge in [-0.25, -0.2) is 0 Å². The van der Waals surface area contributed by atoms with Crippen LogP contribution in [0.1, 0.15) is 180 Å². The van der Waals surface area contributed by atoms with Crippen LogP contribution in [0, 0.1) is 0 Å². The summed E-state index contributed by atoms with van der Waals surface area (Å²) in [4.78, 5) is 34.5. The molecular formula is C37H68N2O4. The van der Waals surface area contributed by atoms with Crippen molar-refractivity contribution in [2.75, 3.05) is 13.1 Å². The third-order valence-electron chi connectivity index (χ3n) is 7.89.